The van der Waals surface area contributed by atoms with Crippen LogP contribution in [0.2, 0.25) is 5.28 Å². The Hall–Kier alpha value is -0.620. The summed E-state index contributed by atoms with van der Waals surface area (Å²) in [4.78, 5) is 10.6. The molecular formula is C11H11ClIN3. The number of anilines is 1. The molecule has 0 aliphatic rings. The Morgan fingerprint density at radius 2 is 2.12 bits per heavy atom. The van der Waals surface area contributed by atoms with Crippen LogP contribution in [0.4, 0.5) is 5.82 Å². The van der Waals surface area contributed by atoms with E-state index in [-0.39, 0.29) is 0 Å². The second-order valence-electron chi connectivity index (χ2n) is 3.49. The normalized spacial score (nSPS) is 10.8. The lowest BCUT2D eigenvalue weighted by Crippen LogP contribution is -2.18. The van der Waals surface area contributed by atoms with E-state index in [2.05, 4.69) is 50.4 Å². The van der Waals surface area contributed by atoms with Gasteiger partial charge >= 0.3 is 0 Å². The minimum absolute atomic E-state index is 0.295. The molecule has 0 saturated heterocycles. The van der Waals surface area contributed by atoms with Crippen molar-refractivity contribution in [3.63, 3.8) is 0 Å². The van der Waals surface area contributed by atoms with Gasteiger partial charge in [-0.1, -0.05) is 0 Å². The maximum atomic E-state index is 5.91. The van der Waals surface area contributed by atoms with Crippen LogP contribution in [0.3, 0.4) is 0 Å². The quantitative estimate of drug-likeness (QED) is 0.616. The maximum absolute atomic E-state index is 5.91. The first kappa shape index (κ1) is 11.9. The molecule has 16 heavy (non-hydrogen) atoms. The van der Waals surface area contributed by atoms with Crippen LogP contribution >= 0.6 is 34.2 Å². The van der Waals surface area contributed by atoms with Crippen molar-refractivity contribution < 1.29 is 0 Å². The molecule has 5 heteroatoms. The smallest absolute Gasteiger partial charge is 0.224 e. The van der Waals surface area contributed by atoms with E-state index in [1.54, 1.807) is 0 Å². The molecule has 0 bridgehead atoms. The third-order valence-corrected chi connectivity index (χ3v) is 3.29. The highest BCUT2D eigenvalue weighted by molar-refractivity contribution is 14.1. The highest BCUT2D eigenvalue weighted by Gasteiger charge is 2.09. The molecule has 0 unspecified atom stereocenters. The molecule has 84 valence electrons. The number of aromatic nitrogens is 2. The lowest BCUT2D eigenvalue weighted by molar-refractivity contribution is 0.940. The fourth-order valence-electron chi connectivity index (χ4n) is 1.50. The third kappa shape index (κ3) is 2.22. The molecule has 0 atom stereocenters. The van der Waals surface area contributed by atoms with Crippen molar-refractivity contribution >= 4 is 50.9 Å². The zero-order chi connectivity index (χ0) is 11.7. The largest absolute Gasteiger partial charge is 0.359 e. The molecule has 0 saturated carbocycles. The predicted molar refractivity (Wildman–Crippen MR) is 76.2 cm³/mol. The molecule has 0 aliphatic heterocycles. The van der Waals surface area contributed by atoms with Gasteiger partial charge in [0.15, 0.2) is 0 Å². The van der Waals surface area contributed by atoms with Gasteiger partial charge in [-0.25, -0.2) is 4.98 Å². The van der Waals surface area contributed by atoms with Crippen molar-refractivity contribution in [3.8, 4) is 0 Å². The molecule has 0 amide bonds. The number of hydrogen-bond donors (Lipinski definition) is 0. The summed E-state index contributed by atoms with van der Waals surface area (Å²) in [5, 5.41) is 1.34. The summed E-state index contributed by atoms with van der Waals surface area (Å²) in [6, 6.07) is 6.06. The number of hydrogen-bond acceptors (Lipinski definition) is 3. The van der Waals surface area contributed by atoms with Crippen LogP contribution in [0, 0.1) is 3.57 Å². The summed E-state index contributed by atoms with van der Waals surface area (Å²) in [5.74, 6) is 0.885. The van der Waals surface area contributed by atoms with Crippen molar-refractivity contribution in [1.29, 1.82) is 0 Å². The maximum Gasteiger partial charge on any atom is 0.224 e. The molecule has 1 heterocycles. The van der Waals surface area contributed by atoms with Gasteiger partial charge < -0.3 is 4.90 Å². The Bertz CT molecular complexity index is 530. The van der Waals surface area contributed by atoms with Crippen molar-refractivity contribution in [2.45, 2.75) is 6.92 Å². The van der Waals surface area contributed by atoms with E-state index in [1.165, 1.54) is 3.57 Å². The van der Waals surface area contributed by atoms with Crippen LogP contribution < -0.4 is 4.90 Å². The van der Waals surface area contributed by atoms with Crippen molar-refractivity contribution in [3.05, 3.63) is 27.1 Å². The fraction of sp³-hybridized carbons (Fsp3) is 0.273. The summed E-state index contributed by atoms with van der Waals surface area (Å²) in [6.07, 6.45) is 0. The second kappa shape index (κ2) is 4.71. The average Bonchev–Trinajstić information content (AvgIpc) is 2.27. The zero-order valence-corrected chi connectivity index (χ0v) is 12.0. The van der Waals surface area contributed by atoms with Crippen LogP contribution in [-0.4, -0.2) is 23.6 Å². The van der Waals surface area contributed by atoms with Gasteiger partial charge in [-0.15, -0.1) is 0 Å². The van der Waals surface area contributed by atoms with Crippen LogP contribution in [0.15, 0.2) is 18.2 Å². The number of benzene rings is 1. The summed E-state index contributed by atoms with van der Waals surface area (Å²) in [7, 11) is 2.00. The van der Waals surface area contributed by atoms with Crippen LogP contribution in [0.5, 0.6) is 0 Å². The first-order valence-corrected chi connectivity index (χ1v) is 6.41. The van der Waals surface area contributed by atoms with Crippen LogP contribution in [0.25, 0.3) is 10.9 Å². The molecule has 2 aromatic rings. The van der Waals surface area contributed by atoms with E-state index in [9.17, 15) is 0 Å². The second-order valence-corrected chi connectivity index (χ2v) is 5.08. The van der Waals surface area contributed by atoms with E-state index >= 15 is 0 Å². The number of rotatable bonds is 2. The molecule has 0 fully saturated rings. The summed E-state index contributed by atoms with van der Waals surface area (Å²) < 4.78 is 1.17. The molecular weight excluding hydrogens is 336 g/mol. The van der Waals surface area contributed by atoms with Gasteiger partial charge in [-0.2, -0.15) is 4.98 Å². The minimum atomic E-state index is 0.295. The summed E-state index contributed by atoms with van der Waals surface area (Å²) in [6.45, 7) is 2.96. The van der Waals surface area contributed by atoms with E-state index in [1.807, 2.05) is 19.2 Å². The lowest BCUT2D eigenvalue weighted by atomic mass is 10.2. The van der Waals surface area contributed by atoms with Gasteiger partial charge in [0.25, 0.3) is 0 Å². The van der Waals surface area contributed by atoms with Gasteiger partial charge in [0.2, 0.25) is 5.28 Å². The summed E-state index contributed by atoms with van der Waals surface area (Å²) >= 11 is 8.20. The van der Waals surface area contributed by atoms with Gasteiger partial charge in [-0.05, 0) is 59.3 Å². The van der Waals surface area contributed by atoms with Gasteiger partial charge in [0.05, 0.1) is 5.52 Å². The number of nitrogens with zero attached hydrogens (tertiary/aromatic N) is 3. The highest BCUT2D eigenvalue weighted by atomic mass is 127. The van der Waals surface area contributed by atoms with E-state index < -0.39 is 0 Å². The van der Waals surface area contributed by atoms with E-state index in [4.69, 9.17) is 11.6 Å². The highest BCUT2D eigenvalue weighted by Crippen LogP contribution is 2.26. The molecule has 0 aliphatic carbocycles. The molecule has 0 radical (unpaired) electrons. The standard InChI is InChI=1S/C11H11ClIN3/c1-3-16(2)10-8-6-7(13)4-5-9(8)14-11(12)15-10/h4-6H,3H2,1-2H3. The van der Waals surface area contributed by atoms with Crippen molar-refractivity contribution in [2.75, 3.05) is 18.5 Å². The van der Waals surface area contributed by atoms with Gasteiger partial charge in [0.1, 0.15) is 5.82 Å². The summed E-state index contributed by atoms with van der Waals surface area (Å²) in [5.41, 5.74) is 0.885. The molecule has 1 aromatic carbocycles. The Morgan fingerprint density at radius 1 is 1.38 bits per heavy atom. The Kier molecular flexibility index (Phi) is 3.49. The topological polar surface area (TPSA) is 29.0 Å². The SMILES string of the molecule is CCN(C)c1nc(Cl)nc2ccc(I)cc12. The van der Waals surface area contributed by atoms with Gasteiger partial charge in [0, 0.05) is 22.5 Å². The van der Waals surface area contributed by atoms with Crippen LogP contribution in [0.1, 0.15) is 6.92 Å². The minimum Gasteiger partial charge on any atom is -0.359 e. The van der Waals surface area contributed by atoms with Crippen molar-refractivity contribution in [1.82, 2.24) is 9.97 Å². The zero-order valence-electron chi connectivity index (χ0n) is 9.04. The Balaban J connectivity index is 2.74. The molecule has 0 spiro atoms. The third-order valence-electron chi connectivity index (χ3n) is 2.45. The first-order chi connectivity index (χ1) is 7.61. The predicted octanol–water partition coefficient (Wildman–Crippen LogP) is 3.34. The Labute approximate surface area is 113 Å². The van der Waals surface area contributed by atoms with Gasteiger partial charge in [-0.3, -0.25) is 0 Å². The molecule has 3 nitrogen and oxygen atoms in total. The Morgan fingerprint density at radius 3 is 2.81 bits per heavy atom. The van der Waals surface area contributed by atoms with Crippen LogP contribution in [-0.2, 0) is 0 Å². The fourth-order valence-corrected chi connectivity index (χ4v) is 2.16. The molecule has 2 rings (SSSR count). The first-order valence-electron chi connectivity index (χ1n) is 4.95. The lowest BCUT2D eigenvalue weighted by Gasteiger charge is -2.17. The number of halogens is 2. The van der Waals surface area contributed by atoms with E-state index in [0.717, 1.165) is 23.3 Å². The molecule has 0 N–H and O–H groups in total. The van der Waals surface area contributed by atoms with Crippen molar-refractivity contribution in [2.24, 2.45) is 0 Å². The van der Waals surface area contributed by atoms with E-state index in [0.29, 0.717) is 5.28 Å². The number of fused-ring (bicyclic) bond motifs is 1. The monoisotopic (exact) mass is 347 g/mol. The molecule has 1 aromatic heterocycles. The average molecular weight is 348 g/mol.